The predicted molar refractivity (Wildman–Crippen MR) is 66.8 cm³/mol. The summed E-state index contributed by atoms with van der Waals surface area (Å²) in [6.45, 7) is 2.22. The maximum atomic E-state index is 11.6. The molecule has 96 valence electrons. The highest BCUT2D eigenvalue weighted by molar-refractivity contribution is 7.84. The summed E-state index contributed by atoms with van der Waals surface area (Å²) in [5.74, 6) is 1.13. The van der Waals surface area contributed by atoms with Gasteiger partial charge in [0.2, 0.25) is 5.82 Å². The molecular formula is C9H16N4O3S. The summed E-state index contributed by atoms with van der Waals surface area (Å²) in [4.78, 5) is 23.0. The Morgan fingerprint density at radius 3 is 2.59 bits per heavy atom. The van der Waals surface area contributed by atoms with Crippen molar-refractivity contribution in [3.8, 4) is 0 Å². The lowest BCUT2D eigenvalue weighted by atomic mass is 10.6. The molecule has 0 aromatic carbocycles. The van der Waals surface area contributed by atoms with Gasteiger partial charge in [0.1, 0.15) is 0 Å². The first-order valence-corrected chi connectivity index (χ1v) is 6.69. The second-order valence-corrected chi connectivity index (χ2v) is 5.34. The van der Waals surface area contributed by atoms with Gasteiger partial charge in [-0.2, -0.15) is 0 Å². The number of anilines is 1. The topological polar surface area (TPSA) is 86.0 Å². The van der Waals surface area contributed by atoms with Gasteiger partial charge >= 0.3 is 5.69 Å². The van der Waals surface area contributed by atoms with Gasteiger partial charge in [0, 0.05) is 42.9 Å². The number of hydrogen-bond acceptors (Lipinski definition) is 5. The summed E-state index contributed by atoms with van der Waals surface area (Å²) >= 11 is 0. The first kappa shape index (κ1) is 13.6. The van der Waals surface area contributed by atoms with Gasteiger partial charge in [0.25, 0.3) is 5.56 Å². The molecule has 0 aliphatic rings. The van der Waals surface area contributed by atoms with Crippen LogP contribution in [0.5, 0.6) is 0 Å². The Hall–Kier alpha value is -1.44. The Morgan fingerprint density at radius 2 is 2.00 bits per heavy atom. The number of rotatable bonds is 5. The third-order valence-corrected chi connectivity index (χ3v) is 3.57. The van der Waals surface area contributed by atoms with Gasteiger partial charge in [0.05, 0.1) is 0 Å². The summed E-state index contributed by atoms with van der Waals surface area (Å²) in [6.07, 6.45) is 0. The van der Waals surface area contributed by atoms with Crippen LogP contribution in [0.1, 0.15) is 6.92 Å². The third kappa shape index (κ3) is 3.26. The van der Waals surface area contributed by atoms with Gasteiger partial charge < -0.3 is 5.32 Å². The minimum atomic E-state index is -0.890. The second kappa shape index (κ2) is 5.76. The molecule has 1 rings (SSSR count). The Morgan fingerprint density at radius 1 is 1.35 bits per heavy atom. The van der Waals surface area contributed by atoms with E-state index < -0.39 is 22.0 Å². The van der Waals surface area contributed by atoms with E-state index in [4.69, 9.17) is 0 Å². The summed E-state index contributed by atoms with van der Waals surface area (Å²) in [6, 6.07) is 0. The van der Waals surface area contributed by atoms with E-state index in [2.05, 4.69) is 10.4 Å². The fraction of sp³-hybridized carbons (Fsp3) is 0.667. The molecule has 1 heterocycles. The normalized spacial score (nSPS) is 12.4. The molecule has 1 atom stereocenters. The number of nitrogens with one attached hydrogen (secondary N) is 1. The highest BCUT2D eigenvalue weighted by Crippen LogP contribution is 1.89. The van der Waals surface area contributed by atoms with Gasteiger partial charge in [0.15, 0.2) is 0 Å². The molecule has 0 saturated heterocycles. The summed E-state index contributed by atoms with van der Waals surface area (Å²) in [7, 11) is 1.97. The van der Waals surface area contributed by atoms with E-state index in [1.165, 1.54) is 14.1 Å². The van der Waals surface area contributed by atoms with Crippen LogP contribution < -0.4 is 16.6 Å². The molecule has 0 saturated carbocycles. The van der Waals surface area contributed by atoms with Crippen molar-refractivity contribution in [2.75, 3.05) is 23.4 Å². The van der Waals surface area contributed by atoms with E-state index in [1.807, 2.05) is 6.92 Å². The molecule has 7 nitrogen and oxygen atoms in total. The summed E-state index contributed by atoms with van der Waals surface area (Å²) in [5, 5.41) is 6.61. The molecule has 1 N–H and O–H groups in total. The Balaban J connectivity index is 2.83. The zero-order chi connectivity index (χ0) is 13.0. The second-order valence-electron chi connectivity index (χ2n) is 3.48. The first-order chi connectivity index (χ1) is 7.97. The molecule has 17 heavy (non-hydrogen) atoms. The molecular weight excluding hydrogens is 244 g/mol. The number of aryl methyl sites for hydroxylation is 1. The molecule has 0 amide bonds. The SMILES string of the molecule is CCS(=O)CCNc1nn(C)c(=O)n(C)c1=O. The van der Waals surface area contributed by atoms with Crippen LogP contribution in [0.25, 0.3) is 0 Å². The lowest BCUT2D eigenvalue weighted by molar-refractivity contribution is 0.605. The molecule has 0 spiro atoms. The standard InChI is InChI=1S/C9H16N4O3S/c1-4-17(16)6-5-10-7-8(14)12(2)9(15)13(3)11-7/h4-6H2,1-3H3,(H,10,11). The Bertz CT molecular complexity index is 534. The molecule has 1 aromatic heterocycles. The zero-order valence-electron chi connectivity index (χ0n) is 10.1. The van der Waals surface area contributed by atoms with E-state index >= 15 is 0 Å². The van der Waals surface area contributed by atoms with Crippen molar-refractivity contribution >= 4 is 16.6 Å². The van der Waals surface area contributed by atoms with E-state index in [-0.39, 0.29) is 5.82 Å². The Labute approximate surface area is 101 Å². The fourth-order valence-electron chi connectivity index (χ4n) is 1.24. The van der Waals surface area contributed by atoms with Gasteiger partial charge in [-0.15, -0.1) is 5.10 Å². The van der Waals surface area contributed by atoms with Crippen molar-refractivity contribution in [1.29, 1.82) is 0 Å². The van der Waals surface area contributed by atoms with Crippen LogP contribution in [-0.2, 0) is 24.9 Å². The molecule has 1 aromatic rings. The van der Waals surface area contributed by atoms with E-state index in [0.717, 1.165) is 9.25 Å². The van der Waals surface area contributed by atoms with E-state index in [9.17, 15) is 13.8 Å². The quantitative estimate of drug-likeness (QED) is 0.708. The molecule has 0 fully saturated rings. The van der Waals surface area contributed by atoms with Gasteiger partial charge in [-0.05, 0) is 0 Å². The smallest absolute Gasteiger partial charge is 0.346 e. The molecule has 0 aliphatic heterocycles. The van der Waals surface area contributed by atoms with Crippen molar-refractivity contribution in [3.05, 3.63) is 20.8 Å². The first-order valence-electron chi connectivity index (χ1n) is 5.20. The van der Waals surface area contributed by atoms with Crippen molar-refractivity contribution < 1.29 is 4.21 Å². The van der Waals surface area contributed by atoms with Crippen LogP contribution in [0.2, 0.25) is 0 Å². The lowest BCUT2D eigenvalue weighted by Crippen LogP contribution is -2.40. The number of aromatic nitrogens is 3. The van der Waals surface area contributed by atoms with Crippen LogP contribution in [0, 0.1) is 0 Å². The predicted octanol–water partition coefficient (Wildman–Crippen LogP) is -1.34. The van der Waals surface area contributed by atoms with Crippen molar-refractivity contribution in [1.82, 2.24) is 14.3 Å². The van der Waals surface area contributed by atoms with E-state index in [1.54, 1.807) is 0 Å². The van der Waals surface area contributed by atoms with Crippen molar-refractivity contribution in [2.24, 2.45) is 14.1 Å². The summed E-state index contributed by atoms with van der Waals surface area (Å²) in [5.41, 5.74) is -0.951. The fourth-order valence-corrected chi connectivity index (χ4v) is 1.86. The zero-order valence-corrected chi connectivity index (χ0v) is 10.9. The van der Waals surface area contributed by atoms with Crippen LogP contribution in [0.3, 0.4) is 0 Å². The Kier molecular flexibility index (Phi) is 4.62. The molecule has 8 heteroatoms. The third-order valence-electron chi connectivity index (χ3n) is 2.27. The molecule has 0 radical (unpaired) electrons. The van der Waals surface area contributed by atoms with Crippen LogP contribution in [0.4, 0.5) is 5.82 Å². The van der Waals surface area contributed by atoms with E-state index in [0.29, 0.717) is 18.1 Å². The van der Waals surface area contributed by atoms with Crippen LogP contribution in [-0.4, -0.2) is 36.6 Å². The van der Waals surface area contributed by atoms with Gasteiger partial charge in [-0.1, -0.05) is 6.92 Å². The van der Waals surface area contributed by atoms with Crippen LogP contribution in [0.15, 0.2) is 9.59 Å². The highest BCUT2D eigenvalue weighted by Gasteiger charge is 2.07. The van der Waals surface area contributed by atoms with Crippen molar-refractivity contribution in [2.45, 2.75) is 6.92 Å². The minimum absolute atomic E-state index is 0.0997. The maximum absolute atomic E-state index is 11.6. The van der Waals surface area contributed by atoms with Gasteiger partial charge in [-0.25, -0.2) is 9.48 Å². The molecule has 0 bridgehead atoms. The van der Waals surface area contributed by atoms with Crippen molar-refractivity contribution in [3.63, 3.8) is 0 Å². The number of nitrogens with zero attached hydrogens (tertiary/aromatic N) is 3. The average molecular weight is 260 g/mol. The summed E-state index contributed by atoms with van der Waals surface area (Å²) < 4.78 is 13.2. The average Bonchev–Trinajstić information content (AvgIpc) is 2.32. The van der Waals surface area contributed by atoms with Gasteiger partial charge in [-0.3, -0.25) is 13.6 Å². The maximum Gasteiger partial charge on any atom is 0.346 e. The number of hydrogen-bond donors (Lipinski definition) is 1. The lowest BCUT2D eigenvalue weighted by Gasteiger charge is -2.07. The minimum Gasteiger partial charge on any atom is -0.363 e. The molecule has 0 aliphatic carbocycles. The highest BCUT2D eigenvalue weighted by atomic mass is 32.2. The van der Waals surface area contributed by atoms with Crippen LogP contribution >= 0.6 is 0 Å². The molecule has 1 unspecified atom stereocenters. The monoisotopic (exact) mass is 260 g/mol. The largest absolute Gasteiger partial charge is 0.363 e.